The zero-order valence-corrected chi connectivity index (χ0v) is 17.6. The van der Waals surface area contributed by atoms with Gasteiger partial charge in [-0.25, -0.2) is 4.98 Å². The van der Waals surface area contributed by atoms with Gasteiger partial charge in [-0.15, -0.1) is 0 Å². The van der Waals surface area contributed by atoms with E-state index in [9.17, 15) is 4.79 Å². The van der Waals surface area contributed by atoms with E-state index in [1.54, 1.807) is 31.4 Å². The second-order valence-electron chi connectivity index (χ2n) is 7.09. The van der Waals surface area contributed by atoms with Gasteiger partial charge in [0.25, 0.3) is 5.91 Å². The number of imidazole rings is 1. The van der Waals surface area contributed by atoms with E-state index < -0.39 is 0 Å². The number of hydrogen-bond donors (Lipinski definition) is 1. The molecule has 6 heteroatoms. The van der Waals surface area contributed by atoms with E-state index in [0.717, 1.165) is 28.2 Å². The third kappa shape index (κ3) is 4.16. The Labute approximate surface area is 180 Å². The van der Waals surface area contributed by atoms with Gasteiger partial charge in [0.2, 0.25) is 0 Å². The molecule has 0 aliphatic heterocycles. The van der Waals surface area contributed by atoms with E-state index in [-0.39, 0.29) is 11.9 Å². The number of methoxy groups -OCH3 is 1. The van der Waals surface area contributed by atoms with E-state index in [0.29, 0.717) is 17.1 Å². The maximum Gasteiger partial charge on any atom is 0.251 e. The van der Waals surface area contributed by atoms with Gasteiger partial charge in [-0.3, -0.25) is 4.79 Å². The predicted molar refractivity (Wildman–Crippen MR) is 119 cm³/mol. The van der Waals surface area contributed by atoms with E-state index in [2.05, 4.69) is 9.88 Å². The Morgan fingerprint density at radius 2 is 1.77 bits per heavy atom. The molecule has 1 unspecified atom stereocenters. The topological polar surface area (TPSA) is 56.1 Å². The minimum Gasteiger partial charge on any atom is -0.497 e. The molecule has 0 saturated heterocycles. The number of carbonyl (C=O) groups is 1. The van der Waals surface area contributed by atoms with Crippen LogP contribution in [0, 0.1) is 0 Å². The first kappa shape index (κ1) is 20.0. The van der Waals surface area contributed by atoms with Crippen LogP contribution in [-0.2, 0) is 6.54 Å². The van der Waals surface area contributed by atoms with Crippen molar-refractivity contribution in [2.24, 2.45) is 0 Å². The summed E-state index contributed by atoms with van der Waals surface area (Å²) >= 11 is 5.93. The van der Waals surface area contributed by atoms with Gasteiger partial charge in [-0.1, -0.05) is 35.9 Å². The number of rotatable bonds is 6. The summed E-state index contributed by atoms with van der Waals surface area (Å²) in [7, 11) is 1.65. The lowest BCUT2D eigenvalue weighted by Crippen LogP contribution is -2.28. The summed E-state index contributed by atoms with van der Waals surface area (Å²) in [5.41, 5.74) is 3.60. The Morgan fingerprint density at radius 3 is 2.47 bits per heavy atom. The maximum absolute atomic E-state index is 12.7. The van der Waals surface area contributed by atoms with Crippen molar-refractivity contribution in [2.45, 2.75) is 19.5 Å². The standard InChI is InChI=1S/C24H22ClN3O2/c1-16(26-24(29)18-9-11-19(25)12-10-18)23-27-21-5-3-4-6-22(21)28(23)15-17-7-13-20(30-2)14-8-17/h3-14,16H,15H2,1-2H3,(H,26,29). The number of amides is 1. The van der Waals surface area contributed by atoms with Crippen LogP contribution < -0.4 is 10.1 Å². The molecule has 30 heavy (non-hydrogen) atoms. The van der Waals surface area contributed by atoms with Crippen molar-refractivity contribution in [2.75, 3.05) is 7.11 Å². The van der Waals surface area contributed by atoms with Crippen LogP contribution in [0.5, 0.6) is 5.75 Å². The number of carbonyl (C=O) groups excluding carboxylic acids is 1. The highest BCUT2D eigenvalue weighted by Gasteiger charge is 2.19. The van der Waals surface area contributed by atoms with Crippen LogP contribution in [0.4, 0.5) is 0 Å². The molecule has 1 atom stereocenters. The van der Waals surface area contributed by atoms with E-state index in [1.165, 1.54) is 0 Å². The van der Waals surface area contributed by atoms with Gasteiger partial charge in [0.15, 0.2) is 0 Å². The molecular weight excluding hydrogens is 398 g/mol. The van der Waals surface area contributed by atoms with Crippen molar-refractivity contribution in [1.82, 2.24) is 14.9 Å². The average Bonchev–Trinajstić information content (AvgIpc) is 3.13. The van der Waals surface area contributed by atoms with Gasteiger partial charge < -0.3 is 14.6 Å². The van der Waals surface area contributed by atoms with E-state index in [1.807, 2.05) is 55.5 Å². The van der Waals surface area contributed by atoms with Crippen LogP contribution in [0.15, 0.2) is 72.8 Å². The minimum atomic E-state index is -0.279. The smallest absolute Gasteiger partial charge is 0.251 e. The summed E-state index contributed by atoms with van der Waals surface area (Å²) in [6, 6.07) is 22.5. The molecule has 4 aromatic rings. The molecule has 0 radical (unpaired) electrons. The molecule has 0 saturated carbocycles. The molecule has 0 aliphatic rings. The molecule has 0 bridgehead atoms. The van der Waals surface area contributed by atoms with Gasteiger partial charge in [-0.05, 0) is 61.0 Å². The highest BCUT2D eigenvalue weighted by atomic mass is 35.5. The van der Waals surface area contributed by atoms with Crippen LogP contribution in [-0.4, -0.2) is 22.6 Å². The van der Waals surface area contributed by atoms with E-state index in [4.69, 9.17) is 21.3 Å². The number of nitrogens with zero attached hydrogens (tertiary/aromatic N) is 2. The third-order valence-corrected chi connectivity index (χ3v) is 5.28. The summed E-state index contributed by atoms with van der Waals surface area (Å²) in [5.74, 6) is 1.45. The van der Waals surface area contributed by atoms with Crippen LogP contribution in [0.1, 0.15) is 34.7 Å². The van der Waals surface area contributed by atoms with E-state index >= 15 is 0 Å². The quantitative estimate of drug-likeness (QED) is 0.465. The number of para-hydroxylation sites is 2. The summed E-state index contributed by atoms with van der Waals surface area (Å²) < 4.78 is 7.40. The van der Waals surface area contributed by atoms with Crippen LogP contribution in [0.25, 0.3) is 11.0 Å². The zero-order valence-electron chi connectivity index (χ0n) is 16.8. The number of ether oxygens (including phenoxy) is 1. The molecule has 1 heterocycles. The Balaban J connectivity index is 1.64. The first-order valence-electron chi connectivity index (χ1n) is 9.69. The molecule has 1 aromatic heterocycles. The Kier molecular flexibility index (Phi) is 5.72. The van der Waals surface area contributed by atoms with Gasteiger partial charge in [0.1, 0.15) is 11.6 Å². The normalized spacial score (nSPS) is 12.0. The molecular formula is C24H22ClN3O2. The first-order chi connectivity index (χ1) is 14.5. The molecule has 5 nitrogen and oxygen atoms in total. The summed E-state index contributed by atoms with van der Waals surface area (Å²) in [4.78, 5) is 17.5. The fraction of sp³-hybridized carbons (Fsp3) is 0.167. The SMILES string of the molecule is COc1ccc(Cn2c(C(C)NC(=O)c3ccc(Cl)cc3)nc3ccccc32)cc1. The molecule has 0 spiro atoms. The molecule has 4 rings (SSSR count). The van der Waals surface area contributed by atoms with Gasteiger partial charge in [0.05, 0.1) is 24.2 Å². The zero-order chi connectivity index (χ0) is 21.1. The fourth-order valence-corrected chi connectivity index (χ4v) is 3.58. The number of fused-ring (bicyclic) bond motifs is 1. The predicted octanol–water partition coefficient (Wildman–Crippen LogP) is 5.24. The molecule has 3 aromatic carbocycles. The number of aromatic nitrogens is 2. The number of nitrogens with one attached hydrogen (secondary N) is 1. The molecule has 0 aliphatic carbocycles. The Bertz CT molecular complexity index is 1170. The van der Waals surface area contributed by atoms with Gasteiger partial charge in [0, 0.05) is 17.1 Å². The van der Waals surface area contributed by atoms with Crippen molar-refractivity contribution in [1.29, 1.82) is 0 Å². The summed E-state index contributed by atoms with van der Waals surface area (Å²) in [6.07, 6.45) is 0. The highest BCUT2D eigenvalue weighted by Crippen LogP contribution is 2.23. The van der Waals surface area contributed by atoms with Crippen molar-refractivity contribution in [3.63, 3.8) is 0 Å². The largest absolute Gasteiger partial charge is 0.497 e. The number of benzene rings is 3. The summed E-state index contributed by atoms with van der Waals surface area (Å²) in [6.45, 7) is 2.58. The van der Waals surface area contributed by atoms with Crippen LogP contribution >= 0.6 is 11.6 Å². The summed E-state index contributed by atoms with van der Waals surface area (Å²) in [5, 5.41) is 3.65. The van der Waals surface area contributed by atoms with Crippen molar-refractivity contribution in [3.05, 3.63) is 94.8 Å². The lowest BCUT2D eigenvalue weighted by atomic mass is 10.2. The van der Waals surface area contributed by atoms with Crippen LogP contribution in [0.3, 0.4) is 0 Å². The Hall–Kier alpha value is -3.31. The van der Waals surface area contributed by atoms with Gasteiger partial charge >= 0.3 is 0 Å². The lowest BCUT2D eigenvalue weighted by Gasteiger charge is -2.17. The van der Waals surface area contributed by atoms with Crippen LogP contribution in [0.2, 0.25) is 5.02 Å². The fourth-order valence-electron chi connectivity index (χ4n) is 3.45. The number of hydrogen-bond acceptors (Lipinski definition) is 3. The second kappa shape index (κ2) is 8.59. The van der Waals surface area contributed by atoms with Crippen molar-refractivity contribution in [3.8, 4) is 5.75 Å². The lowest BCUT2D eigenvalue weighted by molar-refractivity contribution is 0.0938. The molecule has 1 N–H and O–H groups in total. The number of halogens is 1. The molecule has 152 valence electrons. The molecule has 1 amide bonds. The minimum absolute atomic E-state index is 0.165. The monoisotopic (exact) mass is 419 g/mol. The van der Waals surface area contributed by atoms with Crippen molar-refractivity contribution >= 4 is 28.5 Å². The first-order valence-corrected chi connectivity index (χ1v) is 10.1. The van der Waals surface area contributed by atoms with Gasteiger partial charge in [-0.2, -0.15) is 0 Å². The highest BCUT2D eigenvalue weighted by molar-refractivity contribution is 6.30. The Morgan fingerprint density at radius 1 is 1.07 bits per heavy atom. The second-order valence-corrected chi connectivity index (χ2v) is 7.53. The van der Waals surface area contributed by atoms with Crippen molar-refractivity contribution < 1.29 is 9.53 Å². The average molecular weight is 420 g/mol. The molecule has 0 fully saturated rings. The maximum atomic E-state index is 12.7. The third-order valence-electron chi connectivity index (χ3n) is 5.03.